The molecule has 1 aliphatic rings. The highest BCUT2D eigenvalue weighted by Gasteiger charge is 2.23. The lowest BCUT2D eigenvalue weighted by Crippen LogP contribution is -2.39. The third kappa shape index (κ3) is 3.20. The van der Waals surface area contributed by atoms with Crippen LogP contribution in [0.2, 0.25) is 0 Å². The molecule has 1 heterocycles. The SMILES string of the molecule is CN(c1ccccc1)c1ccccc1C(=O)NC1CCc2[nH]ncc2C1. The summed E-state index contributed by atoms with van der Waals surface area (Å²) in [5, 5.41) is 10.3. The molecule has 1 atom stereocenters. The molecular weight excluding hydrogens is 324 g/mol. The lowest BCUT2D eigenvalue weighted by molar-refractivity contribution is 0.0934. The van der Waals surface area contributed by atoms with Gasteiger partial charge in [0.25, 0.3) is 5.91 Å². The van der Waals surface area contributed by atoms with Crippen LogP contribution in [0.5, 0.6) is 0 Å². The van der Waals surface area contributed by atoms with E-state index < -0.39 is 0 Å². The summed E-state index contributed by atoms with van der Waals surface area (Å²) in [7, 11) is 1.99. The van der Waals surface area contributed by atoms with Crippen molar-refractivity contribution in [3.05, 3.63) is 77.6 Å². The molecular formula is C21H22N4O. The Balaban J connectivity index is 1.54. The number of nitrogens with zero attached hydrogens (tertiary/aromatic N) is 2. The van der Waals surface area contributed by atoms with Gasteiger partial charge in [0, 0.05) is 24.5 Å². The third-order valence-corrected chi connectivity index (χ3v) is 5.01. The molecule has 2 N–H and O–H groups in total. The van der Waals surface area contributed by atoms with Gasteiger partial charge in [-0.1, -0.05) is 30.3 Å². The summed E-state index contributed by atoms with van der Waals surface area (Å²) in [6.45, 7) is 0. The molecule has 1 aliphatic carbocycles. The van der Waals surface area contributed by atoms with Crippen molar-refractivity contribution in [3.8, 4) is 0 Å². The number of anilines is 2. The normalized spacial score (nSPS) is 16.0. The van der Waals surface area contributed by atoms with Gasteiger partial charge in [-0.15, -0.1) is 0 Å². The van der Waals surface area contributed by atoms with Crippen molar-refractivity contribution in [3.63, 3.8) is 0 Å². The number of aromatic nitrogens is 2. The standard InChI is InChI=1S/C21H22N4O/c1-25(17-7-3-2-4-8-17)20-10-6-5-9-18(20)21(26)23-16-11-12-19-15(13-16)14-22-24-19/h2-10,14,16H,11-13H2,1H3,(H,22,24)(H,23,26). The van der Waals surface area contributed by atoms with Crippen LogP contribution in [0.1, 0.15) is 28.0 Å². The molecule has 0 saturated heterocycles. The molecule has 3 aromatic rings. The maximum absolute atomic E-state index is 13.0. The number of aryl methyl sites for hydroxylation is 1. The first-order valence-electron chi connectivity index (χ1n) is 8.92. The number of carbonyl (C=O) groups is 1. The van der Waals surface area contributed by atoms with Crippen LogP contribution in [0, 0.1) is 0 Å². The monoisotopic (exact) mass is 346 g/mol. The van der Waals surface area contributed by atoms with Crippen LogP contribution in [0.25, 0.3) is 0 Å². The zero-order valence-corrected chi connectivity index (χ0v) is 14.8. The number of fused-ring (bicyclic) bond motifs is 1. The summed E-state index contributed by atoms with van der Waals surface area (Å²) in [6, 6.07) is 17.9. The molecule has 4 rings (SSSR count). The van der Waals surface area contributed by atoms with Gasteiger partial charge < -0.3 is 10.2 Å². The Morgan fingerprint density at radius 2 is 1.92 bits per heavy atom. The lowest BCUT2D eigenvalue weighted by Gasteiger charge is -2.25. The quantitative estimate of drug-likeness (QED) is 0.760. The van der Waals surface area contributed by atoms with Crippen molar-refractivity contribution >= 4 is 17.3 Å². The predicted molar refractivity (Wildman–Crippen MR) is 103 cm³/mol. The number of rotatable bonds is 4. The Morgan fingerprint density at radius 1 is 1.15 bits per heavy atom. The van der Waals surface area contributed by atoms with Crippen molar-refractivity contribution in [2.24, 2.45) is 0 Å². The summed E-state index contributed by atoms with van der Waals surface area (Å²) in [6.07, 6.45) is 4.54. The number of carbonyl (C=O) groups excluding carboxylic acids is 1. The highest BCUT2D eigenvalue weighted by Crippen LogP contribution is 2.27. The molecule has 132 valence electrons. The molecule has 0 radical (unpaired) electrons. The molecule has 26 heavy (non-hydrogen) atoms. The second-order valence-electron chi connectivity index (χ2n) is 6.70. The van der Waals surface area contributed by atoms with Gasteiger partial charge in [-0.3, -0.25) is 9.89 Å². The van der Waals surface area contributed by atoms with Gasteiger partial charge in [0.1, 0.15) is 0 Å². The fourth-order valence-corrected chi connectivity index (χ4v) is 3.55. The van der Waals surface area contributed by atoms with Gasteiger partial charge in [-0.2, -0.15) is 5.10 Å². The molecule has 0 bridgehead atoms. The first kappa shape index (κ1) is 16.4. The van der Waals surface area contributed by atoms with E-state index in [1.807, 2.05) is 72.7 Å². The zero-order valence-electron chi connectivity index (χ0n) is 14.8. The molecule has 5 heteroatoms. The molecule has 1 amide bonds. The molecule has 2 aromatic carbocycles. The Morgan fingerprint density at radius 3 is 2.77 bits per heavy atom. The molecule has 0 fully saturated rings. The number of hydrogen-bond acceptors (Lipinski definition) is 3. The van der Waals surface area contributed by atoms with Gasteiger partial charge in [0.15, 0.2) is 0 Å². The lowest BCUT2D eigenvalue weighted by atomic mass is 9.93. The Bertz CT molecular complexity index is 903. The van der Waals surface area contributed by atoms with Crippen molar-refractivity contribution in [1.29, 1.82) is 0 Å². The van der Waals surface area contributed by atoms with E-state index in [2.05, 4.69) is 15.5 Å². The van der Waals surface area contributed by atoms with Crippen LogP contribution < -0.4 is 10.2 Å². The number of nitrogens with one attached hydrogen (secondary N) is 2. The minimum Gasteiger partial charge on any atom is -0.349 e. The Kier molecular flexibility index (Phi) is 4.44. The van der Waals surface area contributed by atoms with Crippen LogP contribution in [-0.2, 0) is 12.8 Å². The topological polar surface area (TPSA) is 61.0 Å². The van der Waals surface area contributed by atoms with E-state index in [1.165, 1.54) is 11.3 Å². The third-order valence-electron chi connectivity index (χ3n) is 5.01. The minimum atomic E-state index is -0.0275. The van der Waals surface area contributed by atoms with Crippen LogP contribution >= 0.6 is 0 Å². The average Bonchev–Trinajstić information content (AvgIpc) is 3.16. The number of amides is 1. The number of hydrogen-bond donors (Lipinski definition) is 2. The molecule has 0 aliphatic heterocycles. The maximum atomic E-state index is 13.0. The van der Waals surface area contributed by atoms with Crippen LogP contribution in [0.3, 0.4) is 0 Å². The Labute approximate surface area is 153 Å². The van der Waals surface area contributed by atoms with E-state index in [-0.39, 0.29) is 11.9 Å². The number of aromatic amines is 1. The van der Waals surface area contributed by atoms with Crippen molar-refractivity contribution < 1.29 is 4.79 Å². The van der Waals surface area contributed by atoms with E-state index in [0.717, 1.165) is 30.6 Å². The van der Waals surface area contributed by atoms with Crippen LogP contribution in [-0.4, -0.2) is 29.2 Å². The molecule has 5 nitrogen and oxygen atoms in total. The largest absolute Gasteiger partial charge is 0.349 e. The van der Waals surface area contributed by atoms with Crippen LogP contribution in [0.15, 0.2) is 60.8 Å². The summed E-state index contributed by atoms with van der Waals surface area (Å²) in [5.74, 6) is -0.0275. The average molecular weight is 346 g/mol. The first-order chi connectivity index (χ1) is 12.7. The van der Waals surface area contributed by atoms with Gasteiger partial charge >= 0.3 is 0 Å². The van der Waals surface area contributed by atoms with E-state index >= 15 is 0 Å². The zero-order chi connectivity index (χ0) is 17.9. The highest BCUT2D eigenvalue weighted by atomic mass is 16.1. The van der Waals surface area contributed by atoms with E-state index in [1.54, 1.807) is 0 Å². The van der Waals surface area contributed by atoms with Gasteiger partial charge in [-0.05, 0) is 49.1 Å². The van der Waals surface area contributed by atoms with Gasteiger partial charge in [0.2, 0.25) is 0 Å². The van der Waals surface area contributed by atoms with Crippen molar-refractivity contribution in [2.75, 3.05) is 11.9 Å². The Hall–Kier alpha value is -3.08. The van der Waals surface area contributed by atoms with E-state index in [9.17, 15) is 4.79 Å². The highest BCUT2D eigenvalue weighted by molar-refractivity contribution is 6.00. The molecule has 1 unspecified atom stereocenters. The fourth-order valence-electron chi connectivity index (χ4n) is 3.55. The summed E-state index contributed by atoms with van der Waals surface area (Å²) in [4.78, 5) is 15.0. The second-order valence-corrected chi connectivity index (χ2v) is 6.70. The fraction of sp³-hybridized carbons (Fsp3) is 0.238. The smallest absolute Gasteiger partial charge is 0.253 e. The van der Waals surface area contributed by atoms with Gasteiger partial charge in [0.05, 0.1) is 17.4 Å². The first-order valence-corrected chi connectivity index (χ1v) is 8.92. The van der Waals surface area contributed by atoms with Crippen molar-refractivity contribution in [2.45, 2.75) is 25.3 Å². The number of benzene rings is 2. The van der Waals surface area contributed by atoms with E-state index in [4.69, 9.17) is 0 Å². The molecule has 0 saturated carbocycles. The molecule has 0 spiro atoms. The predicted octanol–water partition coefficient (Wildman–Crippen LogP) is 3.46. The maximum Gasteiger partial charge on any atom is 0.253 e. The number of H-pyrrole nitrogens is 1. The summed E-state index contributed by atoms with van der Waals surface area (Å²) in [5.41, 5.74) is 5.04. The van der Waals surface area contributed by atoms with Crippen molar-refractivity contribution in [1.82, 2.24) is 15.5 Å². The second kappa shape index (κ2) is 7.04. The summed E-state index contributed by atoms with van der Waals surface area (Å²) < 4.78 is 0. The molecule has 1 aromatic heterocycles. The van der Waals surface area contributed by atoms with E-state index in [0.29, 0.717) is 5.56 Å². The van der Waals surface area contributed by atoms with Gasteiger partial charge in [-0.25, -0.2) is 0 Å². The minimum absolute atomic E-state index is 0.0275. The number of para-hydroxylation sites is 2. The summed E-state index contributed by atoms with van der Waals surface area (Å²) >= 11 is 0. The van der Waals surface area contributed by atoms with Crippen LogP contribution in [0.4, 0.5) is 11.4 Å².